The number of carbonyl (C=O) groups is 1. The summed E-state index contributed by atoms with van der Waals surface area (Å²) >= 11 is 0. The molecule has 0 unspecified atom stereocenters. The Morgan fingerprint density at radius 2 is 2.05 bits per heavy atom. The number of aliphatic hydroxyl groups is 1. The van der Waals surface area contributed by atoms with Gasteiger partial charge in [0, 0.05) is 32.2 Å². The summed E-state index contributed by atoms with van der Waals surface area (Å²) in [5.41, 5.74) is 1.02. The number of anilines is 1. The summed E-state index contributed by atoms with van der Waals surface area (Å²) in [6.07, 6.45) is 2.21. The molecule has 1 heterocycles. The van der Waals surface area contributed by atoms with Crippen molar-refractivity contribution in [3.05, 3.63) is 17.7 Å². The topological polar surface area (TPSA) is 78.4 Å². The van der Waals surface area contributed by atoms with E-state index in [1.54, 1.807) is 18.1 Å². The SMILES string of the molecule is CNc1cnc(C(C)C)nc1C(=O)N(CCCO)C(C)C. The maximum atomic E-state index is 12.8. The van der Waals surface area contributed by atoms with Gasteiger partial charge in [0.15, 0.2) is 5.69 Å². The van der Waals surface area contributed by atoms with E-state index in [4.69, 9.17) is 5.11 Å². The Hall–Kier alpha value is -1.69. The second kappa shape index (κ2) is 7.93. The zero-order chi connectivity index (χ0) is 16.0. The summed E-state index contributed by atoms with van der Waals surface area (Å²) in [4.78, 5) is 23.2. The number of hydrogen-bond donors (Lipinski definition) is 2. The molecule has 0 spiro atoms. The minimum Gasteiger partial charge on any atom is -0.396 e. The first-order chi connectivity index (χ1) is 9.92. The zero-order valence-electron chi connectivity index (χ0n) is 13.6. The highest BCUT2D eigenvalue weighted by Gasteiger charge is 2.23. The molecule has 118 valence electrons. The van der Waals surface area contributed by atoms with Crippen LogP contribution < -0.4 is 5.32 Å². The van der Waals surface area contributed by atoms with Crippen LogP contribution in [0.5, 0.6) is 0 Å². The molecule has 6 nitrogen and oxygen atoms in total. The van der Waals surface area contributed by atoms with E-state index >= 15 is 0 Å². The third-order valence-corrected chi connectivity index (χ3v) is 3.24. The second-order valence-electron chi connectivity index (χ2n) is 5.56. The molecule has 1 aromatic rings. The molecule has 0 aliphatic rings. The normalized spacial score (nSPS) is 11.0. The molecule has 0 aliphatic heterocycles. The molecule has 6 heteroatoms. The van der Waals surface area contributed by atoms with Crippen molar-refractivity contribution in [2.24, 2.45) is 0 Å². The lowest BCUT2D eigenvalue weighted by molar-refractivity contribution is 0.0687. The number of nitrogens with one attached hydrogen (secondary N) is 1. The van der Waals surface area contributed by atoms with Crippen LogP contribution in [0.25, 0.3) is 0 Å². The highest BCUT2D eigenvalue weighted by Crippen LogP contribution is 2.18. The van der Waals surface area contributed by atoms with Crippen molar-refractivity contribution in [2.75, 3.05) is 25.5 Å². The van der Waals surface area contributed by atoms with Crippen LogP contribution in [0.1, 0.15) is 56.3 Å². The van der Waals surface area contributed by atoms with Gasteiger partial charge in [-0.15, -0.1) is 0 Å². The van der Waals surface area contributed by atoms with E-state index in [0.29, 0.717) is 30.2 Å². The Labute approximate surface area is 126 Å². The van der Waals surface area contributed by atoms with Crippen molar-refractivity contribution >= 4 is 11.6 Å². The molecule has 1 amide bonds. The molecular weight excluding hydrogens is 268 g/mol. The Bertz CT molecular complexity index is 475. The number of carbonyl (C=O) groups excluding carboxylic acids is 1. The number of nitrogens with zero attached hydrogens (tertiary/aromatic N) is 3. The molecule has 0 radical (unpaired) electrons. The molecule has 0 bridgehead atoms. The van der Waals surface area contributed by atoms with Crippen molar-refractivity contribution in [2.45, 2.75) is 46.1 Å². The lowest BCUT2D eigenvalue weighted by Crippen LogP contribution is -2.39. The first-order valence-corrected chi connectivity index (χ1v) is 7.38. The summed E-state index contributed by atoms with van der Waals surface area (Å²) in [7, 11) is 1.75. The van der Waals surface area contributed by atoms with Crippen molar-refractivity contribution < 1.29 is 9.90 Å². The highest BCUT2D eigenvalue weighted by molar-refractivity contribution is 5.97. The molecule has 21 heavy (non-hydrogen) atoms. The molecule has 0 atom stereocenters. The largest absolute Gasteiger partial charge is 0.396 e. The van der Waals surface area contributed by atoms with Crippen molar-refractivity contribution in [3.8, 4) is 0 Å². The average molecular weight is 294 g/mol. The van der Waals surface area contributed by atoms with Crippen LogP contribution in [0, 0.1) is 0 Å². The van der Waals surface area contributed by atoms with Gasteiger partial charge in [-0.25, -0.2) is 9.97 Å². The van der Waals surface area contributed by atoms with Crippen LogP contribution in [0.4, 0.5) is 5.69 Å². The first-order valence-electron chi connectivity index (χ1n) is 7.38. The van der Waals surface area contributed by atoms with Gasteiger partial charge < -0.3 is 15.3 Å². The van der Waals surface area contributed by atoms with Crippen LogP contribution in [0.15, 0.2) is 6.20 Å². The third-order valence-electron chi connectivity index (χ3n) is 3.24. The van der Waals surface area contributed by atoms with Gasteiger partial charge in [-0.3, -0.25) is 4.79 Å². The number of aromatic nitrogens is 2. The van der Waals surface area contributed by atoms with Crippen molar-refractivity contribution in [1.82, 2.24) is 14.9 Å². The highest BCUT2D eigenvalue weighted by atomic mass is 16.3. The average Bonchev–Trinajstić information content (AvgIpc) is 2.46. The van der Waals surface area contributed by atoms with Gasteiger partial charge in [-0.2, -0.15) is 0 Å². The number of amides is 1. The smallest absolute Gasteiger partial charge is 0.274 e. The Morgan fingerprint density at radius 1 is 1.38 bits per heavy atom. The summed E-state index contributed by atoms with van der Waals surface area (Å²) in [5.74, 6) is 0.683. The molecule has 1 aromatic heterocycles. The maximum Gasteiger partial charge on any atom is 0.274 e. The fourth-order valence-corrected chi connectivity index (χ4v) is 1.99. The van der Waals surface area contributed by atoms with Crippen LogP contribution in [0.3, 0.4) is 0 Å². The van der Waals surface area contributed by atoms with E-state index in [-0.39, 0.29) is 24.5 Å². The molecule has 2 N–H and O–H groups in total. The van der Waals surface area contributed by atoms with Gasteiger partial charge in [0.1, 0.15) is 5.82 Å². The fourth-order valence-electron chi connectivity index (χ4n) is 1.99. The lowest BCUT2D eigenvalue weighted by atomic mass is 10.2. The standard InChI is InChI=1S/C15H26N4O2/c1-10(2)14-17-9-12(16-5)13(18-14)15(21)19(11(3)4)7-6-8-20/h9-11,16,20H,6-8H2,1-5H3. The fraction of sp³-hybridized carbons (Fsp3) is 0.667. The third kappa shape index (κ3) is 4.39. The van der Waals surface area contributed by atoms with E-state index in [2.05, 4.69) is 15.3 Å². The molecule has 0 saturated carbocycles. The molecule has 1 rings (SSSR count). The van der Waals surface area contributed by atoms with Crippen molar-refractivity contribution in [3.63, 3.8) is 0 Å². The molecular formula is C15H26N4O2. The minimum atomic E-state index is -0.132. The van der Waals surface area contributed by atoms with E-state index in [9.17, 15) is 4.79 Å². The summed E-state index contributed by atoms with van der Waals surface area (Å²) in [6, 6.07) is 0.0474. The zero-order valence-corrected chi connectivity index (χ0v) is 13.6. The van der Waals surface area contributed by atoms with Gasteiger partial charge in [0.2, 0.25) is 0 Å². The Balaban J connectivity index is 3.15. The summed E-state index contributed by atoms with van der Waals surface area (Å²) < 4.78 is 0. The van der Waals surface area contributed by atoms with Crippen LogP contribution in [-0.4, -0.2) is 52.1 Å². The molecule has 0 aromatic carbocycles. The van der Waals surface area contributed by atoms with Gasteiger partial charge in [-0.1, -0.05) is 13.8 Å². The van der Waals surface area contributed by atoms with Gasteiger partial charge in [0.25, 0.3) is 5.91 Å². The molecule has 0 aliphatic carbocycles. The van der Waals surface area contributed by atoms with Gasteiger partial charge >= 0.3 is 0 Å². The Kier molecular flexibility index (Phi) is 6.55. The van der Waals surface area contributed by atoms with E-state index in [0.717, 1.165) is 0 Å². The first kappa shape index (κ1) is 17.4. The molecule has 0 fully saturated rings. The number of aliphatic hydroxyl groups excluding tert-OH is 1. The maximum absolute atomic E-state index is 12.8. The number of rotatable bonds is 7. The quantitative estimate of drug-likeness (QED) is 0.802. The van der Waals surface area contributed by atoms with E-state index in [1.165, 1.54) is 0 Å². The van der Waals surface area contributed by atoms with Crippen molar-refractivity contribution in [1.29, 1.82) is 0 Å². The second-order valence-corrected chi connectivity index (χ2v) is 5.56. The number of hydrogen-bond acceptors (Lipinski definition) is 5. The predicted octanol–water partition coefficient (Wildman–Crippen LogP) is 1.87. The summed E-state index contributed by atoms with van der Waals surface area (Å²) in [5, 5.41) is 12.0. The van der Waals surface area contributed by atoms with E-state index in [1.807, 2.05) is 27.7 Å². The van der Waals surface area contributed by atoms with Gasteiger partial charge in [0.05, 0.1) is 11.9 Å². The minimum absolute atomic E-state index is 0.0474. The van der Waals surface area contributed by atoms with Crippen LogP contribution in [-0.2, 0) is 0 Å². The van der Waals surface area contributed by atoms with Crippen LogP contribution >= 0.6 is 0 Å². The molecule has 0 saturated heterocycles. The monoisotopic (exact) mass is 294 g/mol. The summed E-state index contributed by atoms with van der Waals surface area (Å²) in [6.45, 7) is 8.48. The lowest BCUT2D eigenvalue weighted by Gasteiger charge is -2.27. The predicted molar refractivity (Wildman–Crippen MR) is 83.5 cm³/mol. The van der Waals surface area contributed by atoms with E-state index < -0.39 is 0 Å². The van der Waals surface area contributed by atoms with Crippen LogP contribution in [0.2, 0.25) is 0 Å². The van der Waals surface area contributed by atoms with Gasteiger partial charge in [-0.05, 0) is 20.3 Å². The Morgan fingerprint density at radius 3 is 2.52 bits per heavy atom.